The molecule has 0 fully saturated rings. The minimum atomic E-state index is 0.366. The molecule has 1 unspecified atom stereocenters. The van der Waals surface area contributed by atoms with Crippen molar-refractivity contribution in [2.24, 2.45) is 5.73 Å². The topological polar surface area (TPSA) is 38.9 Å². The average molecular weight is 271 g/mol. The number of nitrogens with two attached hydrogens (primary N) is 1. The zero-order valence-electron chi connectivity index (χ0n) is 9.25. The summed E-state index contributed by atoms with van der Waals surface area (Å²) in [5, 5.41) is 0. The zero-order valence-corrected chi connectivity index (χ0v) is 10.8. The highest BCUT2D eigenvalue weighted by Crippen LogP contribution is 2.10. The summed E-state index contributed by atoms with van der Waals surface area (Å²) in [5.74, 6) is 0. The average Bonchev–Trinajstić information content (AvgIpc) is 2.21. The molecule has 1 rings (SSSR count). The SMILES string of the molecule is CCCC(N)CCCc1ccc(Br)cn1. The number of hydrogen-bond donors (Lipinski definition) is 1. The van der Waals surface area contributed by atoms with Crippen LogP contribution in [0.15, 0.2) is 22.8 Å². The molecule has 0 aliphatic rings. The van der Waals surface area contributed by atoms with Crippen molar-refractivity contribution < 1.29 is 0 Å². The van der Waals surface area contributed by atoms with Crippen molar-refractivity contribution in [1.29, 1.82) is 0 Å². The Bertz CT molecular complexity index is 271. The van der Waals surface area contributed by atoms with E-state index < -0.39 is 0 Å². The molecule has 84 valence electrons. The van der Waals surface area contributed by atoms with Crippen molar-refractivity contribution in [3.8, 4) is 0 Å². The summed E-state index contributed by atoms with van der Waals surface area (Å²) < 4.78 is 1.04. The molecule has 1 heterocycles. The van der Waals surface area contributed by atoms with Crippen molar-refractivity contribution in [2.45, 2.75) is 45.1 Å². The van der Waals surface area contributed by atoms with E-state index in [0.29, 0.717) is 6.04 Å². The van der Waals surface area contributed by atoms with Crippen molar-refractivity contribution in [3.05, 3.63) is 28.5 Å². The molecule has 0 amide bonds. The van der Waals surface area contributed by atoms with Gasteiger partial charge in [0.1, 0.15) is 0 Å². The number of hydrogen-bond acceptors (Lipinski definition) is 2. The van der Waals surface area contributed by atoms with Crippen molar-refractivity contribution >= 4 is 15.9 Å². The van der Waals surface area contributed by atoms with Crippen LogP contribution in [0.2, 0.25) is 0 Å². The second-order valence-corrected chi connectivity index (χ2v) is 4.82. The van der Waals surface area contributed by atoms with E-state index in [1.165, 1.54) is 6.42 Å². The van der Waals surface area contributed by atoms with Crippen LogP contribution in [0, 0.1) is 0 Å². The lowest BCUT2D eigenvalue weighted by molar-refractivity contribution is 0.537. The van der Waals surface area contributed by atoms with Gasteiger partial charge >= 0.3 is 0 Å². The first-order chi connectivity index (χ1) is 7.22. The molecule has 0 radical (unpaired) electrons. The molecule has 1 atom stereocenters. The molecular formula is C12H19BrN2. The first-order valence-corrected chi connectivity index (χ1v) is 6.37. The fourth-order valence-corrected chi connectivity index (χ4v) is 1.85. The first-order valence-electron chi connectivity index (χ1n) is 5.58. The molecule has 0 spiro atoms. The van der Waals surface area contributed by atoms with Crippen LogP contribution in [-0.2, 0) is 6.42 Å². The molecule has 0 saturated carbocycles. The van der Waals surface area contributed by atoms with Crippen molar-refractivity contribution in [3.63, 3.8) is 0 Å². The van der Waals surface area contributed by atoms with Crippen molar-refractivity contribution in [1.82, 2.24) is 4.98 Å². The van der Waals surface area contributed by atoms with E-state index in [9.17, 15) is 0 Å². The van der Waals surface area contributed by atoms with Gasteiger partial charge < -0.3 is 5.73 Å². The second kappa shape index (κ2) is 6.96. The highest BCUT2D eigenvalue weighted by atomic mass is 79.9. The maximum Gasteiger partial charge on any atom is 0.0413 e. The number of pyridine rings is 1. The predicted molar refractivity (Wildman–Crippen MR) is 67.8 cm³/mol. The predicted octanol–water partition coefficient (Wildman–Crippen LogP) is 3.29. The van der Waals surface area contributed by atoms with Gasteiger partial charge in [-0.25, -0.2) is 0 Å². The third-order valence-corrected chi connectivity index (χ3v) is 2.93. The van der Waals surface area contributed by atoms with Gasteiger partial charge in [-0.05, 0) is 53.7 Å². The van der Waals surface area contributed by atoms with E-state index >= 15 is 0 Å². The van der Waals surface area contributed by atoms with Crippen LogP contribution in [0.1, 0.15) is 38.3 Å². The third-order valence-electron chi connectivity index (χ3n) is 2.46. The lowest BCUT2D eigenvalue weighted by Gasteiger charge is -2.09. The minimum Gasteiger partial charge on any atom is -0.328 e. The maximum absolute atomic E-state index is 5.94. The van der Waals surface area contributed by atoms with Gasteiger partial charge in [0, 0.05) is 22.4 Å². The molecule has 0 aliphatic heterocycles. The zero-order chi connectivity index (χ0) is 11.1. The van der Waals surface area contributed by atoms with E-state index in [1.54, 1.807) is 0 Å². The molecule has 15 heavy (non-hydrogen) atoms. The molecule has 0 aromatic carbocycles. The number of halogens is 1. The normalized spacial score (nSPS) is 12.7. The lowest BCUT2D eigenvalue weighted by atomic mass is 10.0. The van der Waals surface area contributed by atoms with Crippen LogP contribution in [0.3, 0.4) is 0 Å². The van der Waals surface area contributed by atoms with Crippen LogP contribution in [0.4, 0.5) is 0 Å². The second-order valence-electron chi connectivity index (χ2n) is 3.91. The summed E-state index contributed by atoms with van der Waals surface area (Å²) in [6.07, 6.45) is 7.43. The Balaban J connectivity index is 2.22. The van der Waals surface area contributed by atoms with E-state index in [0.717, 1.165) is 35.8 Å². The summed E-state index contributed by atoms with van der Waals surface area (Å²) in [4.78, 5) is 4.33. The van der Waals surface area contributed by atoms with Crippen LogP contribution in [0.5, 0.6) is 0 Å². The Morgan fingerprint density at radius 2 is 2.20 bits per heavy atom. The Labute approximate surface area is 100 Å². The minimum absolute atomic E-state index is 0.366. The summed E-state index contributed by atoms with van der Waals surface area (Å²) in [6.45, 7) is 2.18. The molecule has 2 N–H and O–H groups in total. The lowest BCUT2D eigenvalue weighted by Crippen LogP contribution is -2.19. The molecule has 1 aromatic rings. The fourth-order valence-electron chi connectivity index (χ4n) is 1.61. The van der Waals surface area contributed by atoms with E-state index in [4.69, 9.17) is 5.73 Å². The number of nitrogens with zero attached hydrogens (tertiary/aromatic N) is 1. The molecule has 1 aromatic heterocycles. The van der Waals surface area contributed by atoms with Gasteiger partial charge in [0.15, 0.2) is 0 Å². The third kappa shape index (κ3) is 5.28. The Hall–Kier alpha value is -0.410. The van der Waals surface area contributed by atoms with Crippen LogP contribution in [0.25, 0.3) is 0 Å². The highest BCUT2D eigenvalue weighted by Gasteiger charge is 2.01. The molecule has 0 aliphatic carbocycles. The number of aromatic nitrogens is 1. The standard InChI is InChI=1S/C12H19BrN2/c1-2-4-11(14)5-3-6-12-8-7-10(13)9-15-12/h7-9,11H,2-6,14H2,1H3. The Morgan fingerprint density at radius 1 is 1.40 bits per heavy atom. The van der Waals surface area contributed by atoms with Crippen LogP contribution >= 0.6 is 15.9 Å². The van der Waals surface area contributed by atoms with Gasteiger partial charge in [-0.3, -0.25) is 4.98 Å². The summed E-state index contributed by atoms with van der Waals surface area (Å²) in [7, 11) is 0. The van der Waals surface area contributed by atoms with E-state index in [1.807, 2.05) is 12.3 Å². The van der Waals surface area contributed by atoms with Gasteiger partial charge in [0.2, 0.25) is 0 Å². The summed E-state index contributed by atoms with van der Waals surface area (Å²) >= 11 is 3.37. The van der Waals surface area contributed by atoms with Crippen LogP contribution < -0.4 is 5.73 Å². The van der Waals surface area contributed by atoms with Crippen LogP contribution in [-0.4, -0.2) is 11.0 Å². The molecular weight excluding hydrogens is 252 g/mol. The Kier molecular flexibility index (Phi) is 5.88. The molecule has 0 bridgehead atoms. The molecule has 3 heteroatoms. The Morgan fingerprint density at radius 3 is 2.80 bits per heavy atom. The first kappa shape index (κ1) is 12.7. The van der Waals surface area contributed by atoms with Gasteiger partial charge in [-0.2, -0.15) is 0 Å². The van der Waals surface area contributed by atoms with Gasteiger partial charge in [0.05, 0.1) is 0 Å². The highest BCUT2D eigenvalue weighted by molar-refractivity contribution is 9.10. The summed E-state index contributed by atoms with van der Waals surface area (Å²) in [5.41, 5.74) is 7.10. The van der Waals surface area contributed by atoms with E-state index in [-0.39, 0.29) is 0 Å². The smallest absolute Gasteiger partial charge is 0.0413 e. The van der Waals surface area contributed by atoms with Gasteiger partial charge in [-0.15, -0.1) is 0 Å². The van der Waals surface area contributed by atoms with Gasteiger partial charge in [0.25, 0.3) is 0 Å². The van der Waals surface area contributed by atoms with Crippen molar-refractivity contribution in [2.75, 3.05) is 0 Å². The maximum atomic E-state index is 5.94. The molecule has 0 saturated heterocycles. The van der Waals surface area contributed by atoms with Gasteiger partial charge in [-0.1, -0.05) is 13.3 Å². The fraction of sp³-hybridized carbons (Fsp3) is 0.583. The quantitative estimate of drug-likeness (QED) is 0.862. The summed E-state index contributed by atoms with van der Waals surface area (Å²) in [6, 6.07) is 4.47. The number of aryl methyl sites for hydroxylation is 1. The largest absolute Gasteiger partial charge is 0.328 e. The number of rotatable bonds is 6. The monoisotopic (exact) mass is 270 g/mol. The van der Waals surface area contributed by atoms with E-state index in [2.05, 4.69) is 33.9 Å². The molecule has 2 nitrogen and oxygen atoms in total.